The first kappa shape index (κ1) is 21.9. The third kappa shape index (κ3) is 4.96. The van der Waals surface area contributed by atoms with E-state index in [4.69, 9.17) is 18.9 Å². The first-order valence-corrected chi connectivity index (χ1v) is 10.5. The zero-order valence-corrected chi connectivity index (χ0v) is 18.4. The molecule has 1 saturated carbocycles. The second-order valence-corrected chi connectivity index (χ2v) is 7.26. The van der Waals surface area contributed by atoms with E-state index >= 15 is 0 Å². The quantitative estimate of drug-likeness (QED) is 0.396. The van der Waals surface area contributed by atoms with Gasteiger partial charge in [-0.15, -0.1) is 0 Å². The second kappa shape index (κ2) is 10.3. The van der Waals surface area contributed by atoms with Gasteiger partial charge < -0.3 is 18.9 Å². The maximum atomic E-state index is 9.28. The SMILES string of the molecule is CO/C=C(/C(OC)=C1CCC1)c1ccccc1Oc1cc(Oc2ccccc2C#N)ncn1. The van der Waals surface area contributed by atoms with Crippen LogP contribution in [0.3, 0.4) is 0 Å². The van der Waals surface area contributed by atoms with E-state index < -0.39 is 0 Å². The van der Waals surface area contributed by atoms with Crippen LogP contribution in [0.5, 0.6) is 23.3 Å². The van der Waals surface area contributed by atoms with Gasteiger partial charge in [0, 0.05) is 5.56 Å². The highest BCUT2D eigenvalue weighted by Gasteiger charge is 2.22. The molecule has 0 radical (unpaired) electrons. The number of para-hydroxylation sites is 2. The van der Waals surface area contributed by atoms with E-state index in [-0.39, 0.29) is 5.88 Å². The fourth-order valence-electron chi connectivity index (χ4n) is 3.47. The van der Waals surface area contributed by atoms with Crippen molar-refractivity contribution in [3.8, 4) is 29.3 Å². The number of hydrogen-bond donors (Lipinski definition) is 0. The van der Waals surface area contributed by atoms with Crippen molar-refractivity contribution in [1.29, 1.82) is 5.26 Å². The highest BCUT2D eigenvalue weighted by molar-refractivity contribution is 5.81. The molecule has 0 atom stereocenters. The molecule has 0 unspecified atom stereocenters. The van der Waals surface area contributed by atoms with Crippen molar-refractivity contribution in [2.45, 2.75) is 19.3 Å². The van der Waals surface area contributed by atoms with E-state index in [0.29, 0.717) is 22.9 Å². The lowest BCUT2D eigenvalue weighted by molar-refractivity contribution is 0.291. The largest absolute Gasteiger partial charge is 0.504 e. The number of hydrogen-bond acceptors (Lipinski definition) is 7. The number of benzene rings is 2. The minimum Gasteiger partial charge on any atom is -0.504 e. The Balaban J connectivity index is 1.64. The lowest BCUT2D eigenvalue weighted by atomic mass is 9.88. The highest BCUT2D eigenvalue weighted by atomic mass is 16.5. The van der Waals surface area contributed by atoms with Crippen LogP contribution in [0.4, 0.5) is 0 Å². The van der Waals surface area contributed by atoms with Crippen LogP contribution in [0, 0.1) is 11.3 Å². The highest BCUT2D eigenvalue weighted by Crippen LogP contribution is 2.39. The Bertz CT molecular complexity index is 1240. The summed E-state index contributed by atoms with van der Waals surface area (Å²) in [5, 5.41) is 9.28. The summed E-state index contributed by atoms with van der Waals surface area (Å²) in [5.74, 6) is 2.36. The third-order valence-corrected chi connectivity index (χ3v) is 5.19. The molecule has 4 rings (SSSR count). The molecule has 1 aliphatic carbocycles. The summed E-state index contributed by atoms with van der Waals surface area (Å²) < 4.78 is 23.0. The Morgan fingerprint density at radius 2 is 1.61 bits per heavy atom. The number of methoxy groups -OCH3 is 2. The Kier molecular flexibility index (Phi) is 6.86. The van der Waals surface area contributed by atoms with Crippen LogP contribution in [-0.4, -0.2) is 24.2 Å². The molecule has 3 aromatic rings. The molecule has 0 N–H and O–H groups in total. The van der Waals surface area contributed by atoms with Gasteiger partial charge in [-0.25, -0.2) is 9.97 Å². The lowest BCUT2D eigenvalue weighted by Crippen LogP contribution is -2.06. The van der Waals surface area contributed by atoms with Gasteiger partial charge in [-0.3, -0.25) is 0 Å². The van der Waals surface area contributed by atoms with E-state index in [1.165, 1.54) is 11.9 Å². The number of allylic oxidation sites excluding steroid dienone is 2. The molecule has 0 amide bonds. The van der Waals surface area contributed by atoms with E-state index in [9.17, 15) is 5.26 Å². The van der Waals surface area contributed by atoms with E-state index in [0.717, 1.165) is 36.2 Å². The van der Waals surface area contributed by atoms with Crippen molar-refractivity contribution in [3.63, 3.8) is 0 Å². The van der Waals surface area contributed by atoms with E-state index in [1.54, 1.807) is 50.8 Å². The van der Waals surface area contributed by atoms with Crippen molar-refractivity contribution in [2.24, 2.45) is 0 Å². The zero-order valence-electron chi connectivity index (χ0n) is 18.4. The third-order valence-electron chi connectivity index (χ3n) is 5.19. The summed E-state index contributed by atoms with van der Waals surface area (Å²) in [6.07, 6.45) is 6.18. The standard InChI is InChI=1S/C26H23N3O4/c1-30-16-21(26(31-2)18-9-7-10-18)20-11-4-6-13-23(20)33-25-14-24(28-17-29-25)32-22-12-5-3-8-19(22)15-27/h3-6,8,11-14,16-17H,7,9-10H2,1-2H3/b21-16+. The fraction of sp³-hybridized carbons (Fsp3) is 0.192. The molecule has 33 heavy (non-hydrogen) atoms. The maximum absolute atomic E-state index is 9.28. The molecular formula is C26H23N3O4. The van der Waals surface area contributed by atoms with Gasteiger partial charge in [0.05, 0.1) is 37.7 Å². The molecule has 1 aliphatic rings. The van der Waals surface area contributed by atoms with Crippen LogP contribution < -0.4 is 9.47 Å². The number of nitriles is 1. The monoisotopic (exact) mass is 441 g/mol. The summed E-state index contributed by atoms with van der Waals surface area (Å²) in [6, 6.07) is 18.2. The van der Waals surface area contributed by atoms with Crippen molar-refractivity contribution in [1.82, 2.24) is 9.97 Å². The van der Waals surface area contributed by atoms with Gasteiger partial charge in [-0.05, 0) is 43.0 Å². The van der Waals surface area contributed by atoms with Crippen molar-refractivity contribution in [3.05, 3.63) is 89.6 Å². The summed E-state index contributed by atoms with van der Waals surface area (Å²) in [4.78, 5) is 8.36. The van der Waals surface area contributed by atoms with Gasteiger partial charge in [-0.2, -0.15) is 5.26 Å². The molecule has 1 fully saturated rings. The smallest absolute Gasteiger partial charge is 0.226 e. The second-order valence-electron chi connectivity index (χ2n) is 7.26. The van der Waals surface area contributed by atoms with Gasteiger partial charge in [0.1, 0.15) is 29.7 Å². The first-order valence-electron chi connectivity index (χ1n) is 10.5. The minimum atomic E-state index is 0.266. The first-order chi connectivity index (χ1) is 16.2. The van der Waals surface area contributed by atoms with Crippen LogP contribution in [0.15, 0.2) is 78.5 Å². The molecule has 0 saturated heterocycles. The number of ether oxygens (including phenoxy) is 4. The van der Waals surface area contributed by atoms with Gasteiger partial charge >= 0.3 is 0 Å². The summed E-state index contributed by atoms with van der Waals surface area (Å²) in [5.41, 5.74) is 3.28. The Morgan fingerprint density at radius 1 is 0.939 bits per heavy atom. The number of rotatable bonds is 8. The summed E-state index contributed by atoms with van der Waals surface area (Å²) in [6.45, 7) is 0. The van der Waals surface area contributed by atoms with Gasteiger partial charge in [-0.1, -0.05) is 30.3 Å². The lowest BCUT2D eigenvalue weighted by Gasteiger charge is -2.23. The predicted octanol–water partition coefficient (Wildman–Crippen LogP) is 6.00. The molecule has 1 aromatic heterocycles. The Labute approximate surface area is 192 Å². The van der Waals surface area contributed by atoms with Crippen molar-refractivity contribution in [2.75, 3.05) is 14.2 Å². The molecular weight excluding hydrogens is 418 g/mol. The van der Waals surface area contributed by atoms with Crippen LogP contribution in [0.1, 0.15) is 30.4 Å². The molecule has 0 aliphatic heterocycles. The van der Waals surface area contributed by atoms with Crippen molar-refractivity contribution >= 4 is 5.57 Å². The number of nitrogens with zero attached hydrogens (tertiary/aromatic N) is 3. The molecule has 7 heteroatoms. The summed E-state index contributed by atoms with van der Waals surface area (Å²) in [7, 11) is 3.27. The van der Waals surface area contributed by atoms with Crippen LogP contribution in [0.25, 0.3) is 5.57 Å². The topological polar surface area (TPSA) is 86.5 Å². The minimum absolute atomic E-state index is 0.266. The fourth-order valence-corrected chi connectivity index (χ4v) is 3.47. The normalized spacial score (nSPS) is 12.9. The van der Waals surface area contributed by atoms with Crippen LogP contribution in [0.2, 0.25) is 0 Å². The molecule has 166 valence electrons. The van der Waals surface area contributed by atoms with Crippen LogP contribution in [-0.2, 0) is 9.47 Å². The molecule has 2 aromatic carbocycles. The van der Waals surface area contributed by atoms with Crippen LogP contribution >= 0.6 is 0 Å². The molecule has 0 bridgehead atoms. The average Bonchev–Trinajstić information content (AvgIpc) is 2.81. The maximum Gasteiger partial charge on any atom is 0.226 e. The van der Waals surface area contributed by atoms with Gasteiger partial charge in [0.2, 0.25) is 11.8 Å². The number of aromatic nitrogens is 2. The van der Waals surface area contributed by atoms with Crippen molar-refractivity contribution < 1.29 is 18.9 Å². The van der Waals surface area contributed by atoms with E-state index in [1.807, 2.05) is 24.3 Å². The van der Waals surface area contributed by atoms with Gasteiger partial charge in [0.25, 0.3) is 0 Å². The van der Waals surface area contributed by atoms with Gasteiger partial charge in [0.15, 0.2) is 0 Å². The predicted molar refractivity (Wildman–Crippen MR) is 123 cm³/mol. The molecule has 0 spiro atoms. The Hall–Kier alpha value is -4.31. The molecule has 7 nitrogen and oxygen atoms in total. The average molecular weight is 441 g/mol. The Morgan fingerprint density at radius 3 is 2.24 bits per heavy atom. The van der Waals surface area contributed by atoms with E-state index in [2.05, 4.69) is 16.0 Å². The zero-order chi connectivity index (χ0) is 23.0. The molecule has 1 heterocycles. The summed E-state index contributed by atoms with van der Waals surface area (Å²) >= 11 is 0.